The van der Waals surface area contributed by atoms with Gasteiger partial charge >= 0.3 is 0 Å². The molecule has 3 aromatic rings. The first-order valence-electron chi connectivity index (χ1n) is 8.18. The summed E-state index contributed by atoms with van der Waals surface area (Å²) in [5.41, 5.74) is 1.33. The predicted octanol–water partition coefficient (Wildman–Crippen LogP) is 2.46. The Labute approximate surface area is 154 Å². The highest BCUT2D eigenvalue weighted by Gasteiger charge is 2.25. The van der Waals surface area contributed by atoms with Gasteiger partial charge in [0.25, 0.3) is 5.91 Å². The normalized spacial score (nSPS) is 15.7. The quantitative estimate of drug-likeness (QED) is 0.706. The van der Waals surface area contributed by atoms with Gasteiger partial charge in [-0.25, -0.2) is 4.98 Å². The molecule has 1 amide bonds. The lowest BCUT2D eigenvalue weighted by atomic mass is 10.2. The van der Waals surface area contributed by atoms with Gasteiger partial charge in [-0.3, -0.25) is 9.48 Å². The van der Waals surface area contributed by atoms with Crippen molar-refractivity contribution in [3.8, 4) is 22.1 Å². The molecule has 134 valence electrons. The first-order valence-corrected chi connectivity index (χ1v) is 9.06. The lowest BCUT2D eigenvalue weighted by Gasteiger charge is -2.29. The van der Waals surface area contributed by atoms with Gasteiger partial charge in [0.1, 0.15) is 17.3 Å². The van der Waals surface area contributed by atoms with Crippen LogP contribution in [-0.4, -0.2) is 51.9 Å². The van der Waals surface area contributed by atoms with Crippen molar-refractivity contribution < 1.29 is 14.3 Å². The summed E-state index contributed by atoms with van der Waals surface area (Å²) >= 11 is 1.43. The van der Waals surface area contributed by atoms with Crippen LogP contribution in [0.1, 0.15) is 10.5 Å². The molecule has 2 aromatic heterocycles. The van der Waals surface area contributed by atoms with Crippen LogP contribution in [0.5, 0.6) is 11.5 Å². The van der Waals surface area contributed by atoms with E-state index in [1.54, 1.807) is 28.2 Å². The SMILES string of the molecule is CN(C[C@@H]1COc2ccccc2O1)C(=O)c1csc(-c2cnn(C)c2)n1. The lowest BCUT2D eigenvalue weighted by molar-refractivity contribution is 0.0518. The van der Waals surface area contributed by atoms with E-state index in [2.05, 4.69) is 10.1 Å². The van der Waals surface area contributed by atoms with E-state index in [0.717, 1.165) is 16.3 Å². The van der Waals surface area contributed by atoms with Crippen LogP contribution < -0.4 is 9.47 Å². The molecule has 7 nitrogen and oxygen atoms in total. The second-order valence-corrected chi connectivity index (χ2v) is 6.98. The van der Waals surface area contributed by atoms with Gasteiger partial charge in [0, 0.05) is 31.2 Å². The third-order valence-electron chi connectivity index (χ3n) is 4.07. The molecule has 3 heterocycles. The average Bonchev–Trinajstić information content (AvgIpc) is 3.30. The van der Waals surface area contributed by atoms with Crippen molar-refractivity contribution in [1.29, 1.82) is 0 Å². The highest BCUT2D eigenvalue weighted by Crippen LogP contribution is 2.31. The van der Waals surface area contributed by atoms with Crippen molar-refractivity contribution >= 4 is 17.2 Å². The van der Waals surface area contributed by atoms with Crippen molar-refractivity contribution in [1.82, 2.24) is 19.7 Å². The number of likely N-dealkylation sites (N-methyl/N-ethyl adjacent to an activating group) is 1. The Balaban J connectivity index is 1.42. The summed E-state index contributed by atoms with van der Waals surface area (Å²) in [7, 11) is 3.59. The summed E-state index contributed by atoms with van der Waals surface area (Å²) in [4.78, 5) is 18.7. The zero-order valence-corrected chi connectivity index (χ0v) is 15.3. The van der Waals surface area contributed by atoms with Gasteiger partial charge in [0.05, 0.1) is 12.7 Å². The minimum absolute atomic E-state index is 0.140. The number of aromatic nitrogens is 3. The number of rotatable bonds is 4. The van der Waals surface area contributed by atoms with Crippen LogP contribution in [-0.2, 0) is 7.05 Å². The van der Waals surface area contributed by atoms with Crippen LogP contribution in [0.4, 0.5) is 0 Å². The number of hydrogen-bond donors (Lipinski definition) is 0. The Morgan fingerprint density at radius 1 is 1.38 bits per heavy atom. The lowest BCUT2D eigenvalue weighted by Crippen LogP contribution is -2.41. The number of para-hydroxylation sites is 2. The van der Waals surface area contributed by atoms with Gasteiger partial charge < -0.3 is 14.4 Å². The van der Waals surface area contributed by atoms with Gasteiger partial charge in [0.2, 0.25) is 0 Å². The summed E-state index contributed by atoms with van der Waals surface area (Å²) in [5, 5.41) is 6.69. The van der Waals surface area contributed by atoms with E-state index >= 15 is 0 Å². The molecule has 1 aliphatic rings. The Morgan fingerprint density at radius 2 is 2.19 bits per heavy atom. The van der Waals surface area contributed by atoms with Gasteiger partial charge in [0.15, 0.2) is 17.6 Å². The summed E-state index contributed by atoms with van der Waals surface area (Å²) < 4.78 is 13.3. The van der Waals surface area contributed by atoms with Crippen molar-refractivity contribution in [2.24, 2.45) is 7.05 Å². The molecule has 0 aliphatic carbocycles. The maximum atomic E-state index is 12.7. The molecular weight excluding hydrogens is 352 g/mol. The fourth-order valence-electron chi connectivity index (χ4n) is 2.77. The van der Waals surface area contributed by atoms with Crippen LogP contribution in [0, 0.1) is 0 Å². The van der Waals surface area contributed by atoms with Gasteiger partial charge in [-0.15, -0.1) is 11.3 Å². The third-order valence-corrected chi connectivity index (χ3v) is 4.96. The molecule has 0 radical (unpaired) electrons. The number of ether oxygens (including phenoxy) is 2. The van der Waals surface area contributed by atoms with Crippen molar-refractivity contribution in [2.45, 2.75) is 6.10 Å². The number of carbonyl (C=O) groups excluding carboxylic acids is 1. The molecule has 0 spiro atoms. The van der Waals surface area contributed by atoms with Crippen LogP contribution in [0.3, 0.4) is 0 Å². The second kappa shape index (κ2) is 6.80. The second-order valence-electron chi connectivity index (χ2n) is 6.12. The summed E-state index contributed by atoms with van der Waals surface area (Å²) in [5.74, 6) is 1.30. The van der Waals surface area contributed by atoms with Crippen LogP contribution in [0.25, 0.3) is 10.6 Å². The minimum Gasteiger partial charge on any atom is -0.486 e. The van der Waals surface area contributed by atoms with E-state index in [4.69, 9.17) is 9.47 Å². The standard InChI is InChI=1S/C18H18N4O3S/c1-21(9-13-10-24-15-5-3-4-6-16(15)25-13)18(23)14-11-26-17(20-14)12-7-19-22(2)8-12/h3-8,11,13H,9-10H2,1-2H3/t13-/m1/s1. The molecular formula is C18H18N4O3S. The minimum atomic E-state index is -0.213. The maximum absolute atomic E-state index is 12.7. The Kier molecular flexibility index (Phi) is 4.34. The monoisotopic (exact) mass is 370 g/mol. The van der Waals surface area contributed by atoms with Gasteiger partial charge in [-0.05, 0) is 12.1 Å². The predicted molar refractivity (Wildman–Crippen MR) is 97.6 cm³/mol. The topological polar surface area (TPSA) is 69.5 Å². The van der Waals surface area contributed by atoms with E-state index in [0.29, 0.717) is 24.6 Å². The summed E-state index contributed by atoms with van der Waals surface area (Å²) in [6, 6.07) is 7.54. The Hall–Kier alpha value is -2.87. The summed E-state index contributed by atoms with van der Waals surface area (Å²) in [6.07, 6.45) is 3.40. The molecule has 0 saturated carbocycles. The van der Waals surface area contributed by atoms with Gasteiger partial charge in [-0.2, -0.15) is 5.10 Å². The third kappa shape index (κ3) is 3.28. The fourth-order valence-corrected chi connectivity index (χ4v) is 3.54. The van der Waals surface area contributed by atoms with E-state index in [9.17, 15) is 4.79 Å². The largest absolute Gasteiger partial charge is 0.486 e. The molecule has 1 aliphatic heterocycles. The molecule has 0 fully saturated rings. The zero-order chi connectivity index (χ0) is 18.1. The number of benzene rings is 1. The number of amides is 1. The van der Waals surface area contributed by atoms with Crippen molar-refractivity contribution in [3.63, 3.8) is 0 Å². The zero-order valence-electron chi connectivity index (χ0n) is 14.5. The molecule has 1 aromatic carbocycles. The molecule has 8 heteroatoms. The molecule has 4 rings (SSSR count). The Bertz CT molecular complexity index is 936. The number of hydrogen-bond acceptors (Lipinski definition) is 6. The van der Waals surface area contributed by atoms with Crippen LogP contribution >= 0.6 is 11.3 Å². The first-order chi connectivity index (χ1) is 12.6. The van der Waals surface area contributed by atoms with E-state index in [-0.39, 0.29) is 12.0 Å². The van der Waals surface area contributed by atoms with Gasteiger partial charge in [-0.1, -0.05) is 12.1 Å². The summed E-state index contributed by atoms with van der Waals surface area (Å²) in [6.45, 7) is 0.833. The van der Waals surface area contributed by atoms with E-state index in [1.807, 2.05) is 37.5 Å². The molecule has 1 atom stereocenters. The van der Waals surface area contributed by atoms with Crippen molar-refractivity contribution in [2.75, 3.05) is 20.2 Å². The smallest absolute Gasteiger partial charge is 0.273 e. The molecule has 0 N–H and O–H groups in total. The number of fused-ring (bicyclic) bond motifs is 1. The van der Waals surface area contributed by atoms with E-state index < -0.39 is 0 Å². The molecule has 0 bridgehead atoms. The highest BCUT2D eigenvalue weighted by atomic mass is 32.1. The van der Waals surface area contributed by atoms with Crippen LogP contribution in [0.15, 0.2) is 42.0 Å². The maximum Gasteiger partial charge on any atom is 0.273 e. The van der Waals surface area contributed by atoms with Crippen molar-refractivity contribution in [3.05, 3.63) is 47.7 Å². The number of thiazole rings is 1. The number of aryl methyl sites for hydroxylation is 1. The van der Waals surface area contributed by atoms with Crippen LogP contribution in [0.2, 0.25) is 0 Å². The number of nitrogens with zero attached hydrogens (tertiary/aromatic N) is 4. The average molecular weight is 370 g/mol. The molecule has 26 heavy (non-hydrogen) atoms. The Morgan fingerprint density at radius 3 is 2.96 bits per heavy atom. The molecule has 0 saturated heterocycles. The van der Waals surface area contributed by atoms with E-state index in [1.165, 1.54) is 11.3 Å². The number of carbonyl (C=O) groups is 1. The molecule has 0 unspecified atom stereocenters. The highest BCUT2D eigenvalue weighted by molar-refractivity contribution is 7.13. The first kappa shape index (κ1) is 16.6. The fraction of sp³-hybridized carbons (Fsp3) is 0.278.